The van der Waals surface area contributed by atoms with Gasteiger partial charge in [-0.05, 0) is 44.0 Å². The van der Waals surface area contributed by atoms with Crippen LogP contribution in [0, 0.1) is 13.8 Å². The summed E-state index contributed by atoms with van der Waals surface area (Å²) in [5.74, 6) is 0.242. The number of fused-ring (bicyclic) bond motifs is 2. The zero-order valence-electron chi connectivity index (χ0n) is 18.6. The Hall–Kier alpha value is -4.01. The molecule has 9 heteroatoms. The Bertz CT molecular complexity index is 1480. The van der Waals surface area contributed by atoms with Gasteiger partial charge in [0, 0.05) is 41.7 Å². The Morgan fingerprint density at radius 3 is 2.97 bits per heavy atom. The largest absolute Gasteiger partial charge is 0.351 e. The van der Waals surface area contributed by atoms with Gasteiger partial charge in [0.15, 0.2) is 5.65 Å². The van der Waals surface area contributed by atoms with Crippen LogP contribution >= 0.6 is 0 Å². The number of aromatic amines is 1. The fraction of sp³-hybridized carbons (Fsp3) is 0.292. The molecule has 0 unspecified atom stereocenters. The van der Waals surface area contributed by atoms with Crippen molar-refractivity contribution in [2.45, 2.75) is 32.7 Å². The molecule has 1 amide bonds. The number of hydrogen-bond acceptors (Lipinski definition) is 5. The summed E-state index contributed by atoms with van der Waals surface area (Å²) in [6, 6.07) is 10.1. The Labute approximate surface area is 190 Å². The number of aryl methyl sites for hydroxylation is 2. The fourth-order valence-electron chi connectivity index (χ4n) is 4.86. The molecule has 166 valence electrons. The molecule has 1 N–H and O–H groups in total. The SMILES string of the molecule is Cc1nn2c([C@H]3CCN(C(=O)c4cc5c(C)cccc5[nH]4)C3)ccnc2c1Cn1cncn1. The maximum absolute atomic E-state index is 13.2. The van der Waals surface area contributed by atoms with Gasteiger partial charge in [0.1, 0.15) is 18.3 Å². The van der Waals surface area contributed by atoms with Crippen LogP contribution in [-0.2, 0) is 6.54 Å². The first kappa shape index (κ1) is 19.7. The lowest BCUT2D eigenvalue weighted by atomic mass is 10.0. The third-order valence-electron chi connectivity index (χ3n) is 6.64. The summed E-state index contributed by atoms with van der Waals surface area (Å²) in [5.41, 5.74) is 6.66. The van der Waals surface area contributed by atoms with E-state index in [1.165, 1.54) is 6.33 Å². The van der Waals surface area contributed by atoms with Gasteiger partial charge in [-0.15, -0.1) is 0 Å². The minimum Gasteiger partial charge on any atom is -0.351 e. The molecular weight excluding hydrogens is 416 g/mol. The van der Waals surface area contributed by atoms with Crippen LogP contribution in [0.5, 0.6) is 0 Å². The second-order valence-corrected chi connectivity index (χ2v) is 8.72. The predicted octanol–water partition coefficient (Wildman–Crippen LogP) is 3.10. The molecule has 0 radical (unpaired) electrons. The summed E-state index contributed by atoms with van der Waals surface area (Å²) in [6.45, 7) is 6.00. The van der Waals surface area contributed by atoms with Gasteiger partial charge in [0.2, 0.25) is 0 Å². The molecule has 6 rings (SSSR count). The van der Waals surface area contributed by atoms with Gasteiger partial charge in [0.25, 0.3) is 5.91 Å². The molecule has 0 saturated carbocycles. The number of carbonyl (C=O) groups is 1. The van der Waals surface area contributed by atoms with Crippen LogP contribution in [-0.4, -0.2) is 58.2 Å². The van der Waals surface area contributed by atoms with Gasteiger partial charge in [-0.25, -0.2) is 19.2 Å². The van der Waals surface area contributed by atoms with Crippen molar-refractivity contribution in [1.82, 2.24) is 39.2 Å². The van der Waals surface area contributed by atoms with Crippen LogP contribution < -0.4 is 0 Å². The van der Waals surface area contributed by atoms with Gasteiger partial charge in [0.05, 0.1) is 17.9 Å². The van der Waals surface area contributed by atoms with Gasteiger partial charge < -0.3 is 9.88 Å². The van der Waals surface area contributed by atoms with Gasteiger partial charge in [-0.3, -0.25) is 4.79 Å². The number of nitrogens with zero attached hydrogens (tertiary/aromatic N) is 7. The van der Waals surface area contributed by atoms with Crippen molar-refractivity contribution in [1.29, 1.82) is 0 Å². The molecule has 5 heterocycles. The van der Waals surface area contributed by atoms with Crippen LogP contribution in [0.3, 0.4) is 0 Å². The summed E-state index contributed by atoms with van der Waals surface area (Å²) in [7, 11) is 0. The number of nitrogens with one attached hydrogen (secondary N) is 1. The third kappa shape index (κ3) is 3.27. The molecule has 5 aromatic rings. The average Bonchev–Trinajstić information content (AvgIpc) is 3.61. The van der Waals surface area contributed by atoms with E-state index in [1.54, 1.807) is 11.0 Å². The molecule has 1 aromatic carbocycles. The van der Waals surface area contributed by atoms with Crippen molar-refractivity contribution >= 4 is 22.5 Å². The van der Waals surface area contributed by atoms with Crippen LogP contribution in [0.4, 0.5) is 0 Å². The second-order valence-electron chi connectivity index (χ2n) is 8.72. The molecule has 0 aliphatic carbocycles. The number of amides is 1. The summed E-state index contributed by atoms with van der Waals surface area (Å²) in [6.07, 6.45) is 5.94. The quantitative estimate of drug-likeness (QED) is 0.463. The maximum Gasteiger partial charge on any atom is 0.270 e. The molecule has 9 nitrogen and oxygen atoms in total. The van der Waals surface area contributed by atoms with E-state index in [0.29, 0.717) is 25.3 Å². The standard InChI is InChI=1S/C24H24N8O/c1-15-4-3-5-20-18(15)10-21(28-20)24(33)30-9-7-17(11-30)22-6-8-26-23-19(16(2)29-32(22)23)12-31-14-25-13-27-31/h3-6,8,10,13-14,17,28H,7,9,11-12H2,1-2H3/t17-/m0/s1. The first-order valence-corrected chi connectivity index (χ1v) is 11.1. The molecule has 33 heavy (non-hydrogen) atoms. The number of hydrogen-bond donors (Lipinski definition) is 1. The van der Waals surface area contributed by atoms with Gasteiger partial charge in [-0.1, -0.05) is 12.1 Å². The van der Waals surface area contributed by atoms with Gasteiger partial charge in [-0.2, -0.15) is 10.2 Å². The van der Waals surface area contributed by atoms with E-state index < -0.39 is 0 Å². The first-order valence-electron chi connectivity index (χ1n) is 11.1. The van der Waals surface area contributed by atoms with E-state index in [4.69, 9.17) is 5.10 Å². The lowest BCUT2D eigenvalue weighted by molar-refractivity contribution is 0.0785. The van der Waals surface area contributed by atoms with Crippen molar-refractivity contribution in [2.24, 2.45) is 0 Å². The van der Waals surface area contributed by atoms with E-state index in [2.05, 4.69) is 33.0 Å². The molecule has 0 bridgehead atoms. The number of benzene rings is 1. The zero-order valence-corrected chi connectivity index (χ0v) is 18.6. The highest BCUT2D eigenvalue weighted by atomic mass is 16.2. The minimum atomic E-state index is 0.0434. The highest BCUT2D eigenvalue weighted by molar-refractivity contribution is 5.99. The number of H-pyrrole nitrogens is 1. The first-order chi connectivity index (χ1) is 16.1. The highest BCUT2D eigenvalue weighted by Gasteiger charge is 2.31. The smallest absolute Gasteiger partial charge is 0.270 e. The second kappa shape index (κ2) is 7.54. The Kier molecular flexibility index (Phi) is 4.49. The Balaban J connectivity index is 1.28. The van der Waals surface area contributed by atoms with E-state index >= 15 is 0 Å². The van der Waals surface area contributed by atoms with Gasteiger partial charge >= 0.3 is 0 Å². The normalized spacial score (nSPS) is 16.3. The summed E-state index contributed by atoms with van der Waals surface area (Å²) in [4.78, 5) is 27.1. The van der Waals surface area contributed by atoms with E-state index in [1.807, 2.05) is 46.8 Å². The van der Waals surface area contributed by atoms with Crippen molar-refractivity contribution < 1.29 is 4.79 Å². The monoisotopic (exact) mass is 440 g/mol. The number of carbonyl (C=O) groups excluding carboxylic acids is 1. The number of aromatic nitrogens is 7. The fourth-order valence-corrected chi connectivity index (χ4v) is 4.86. The van der Waals surface area contributed by atoms with Crippen molar-refractivity contribution in [3.05, 3.63) is 77.4 Å². The molecule has 1 fully saturated rings. The summed E-state index contributed by atoms with van der Waals surface area (Å²) < 4.78 is 3.71. The van der Waals surface area contributed by atoms with Crippen molar-refractivity contribution in [3.8, 4) is 0 Å². The topological polar surface area (TPSA) is 97.0 Å². The van der Waals surface area contributed by atoms with Crippen LogP contribution in [0.25, 0.3) is 16.6 Å². The molecule has 1 aliphatic heterocycles. The zero-order chi connectivity index (χ0) is 22.5. The Morgan fingerprint density at radius 1 is 1.24 bits per heavy atom. The number of likely N-dealkylation sites (tertiary alicyclic amines) is 1. The summed E-state index contributed by atoms with van der Waals surface area (Å²) >= 11 is 0. The van der Waals surface area contributed by atoms with Crippen LogP contribution in [0.2, 0.25) is 0 Å². The molecular formula is C24H24N8O. The third-order valence-corrected chi connectivity index (χ3v) is 6.64. The highest BCUT2D eigenvalue weighted by Crippen LogP contribution is 2.30. The predicted molar refractivity (Wildman–Crippen MR) is 123 cm³/mol. The van der Waals surface area contributed by atoms with E-state index in [9.17, 15) is 4.79 Å². The number of rotatable bonds is 4. The van der Waals surface area contributed by atoms with Crippen LogP contribution in [0.15, 0.2) is 49.2 Å². The molecule has 4 aromatic heterocycles. The lowest BCUT2D eigenvalue weighted by Gasteiger charge is -2.16. The van der Waals surface area contributed by atoms with Crippen LogP contribution in [0.1, 0.15) is 45.3 Å². The molecule has 1 aliphatic rings. The lowest BCUT2D eigenvalue weighted by Crippen LogP contribution is -2.28. The van der Waals surface area contributed by atoms with Crippen molar-refractivity contribution in [2.75, 3.05) is 13.1 Å². The molecule has 1 saturated heterocycles. The average molecular weight is 441 g/mol. The Morgan fingerprint density at radius 2 is 2.15 bits per heavy atom. The molecule has 0 spiro atoms. The summed E-state index contributed by atoms with van der Waals surface area (Å²) in [5, 5.41) is 10.1. The van der Waals surface area contributed by atoms with E-state index in [0.717, 1.165) is 45.5 Å². The maximum atomic E-state index is 13.2. The molecule has 1 atom stereocenters. The van der Waals surface area contributed by atoms with Crippen molar-refractivity contribution in [3.63, 3.8) is 0 Å². The minimum absolute atomic E-state index is 0.0434. The van der Waals surface area contributed by atoms with E-state index in [-0.39, 0.29) is 11.8 Å².